The van der Waals surface area contributed by atoms with Crippen molar-refractivity contribution in [1.82, 2.24) is 15.1 Å². The summed E-state index contributed by atoms with van der Waals surface area (Å²) in [5, 5.41) is 27.4. The number of carbonyl (C=O) groups is 1. The van der Waals surface area contributed by atoms with Gasteiger partial charge in [-0.2, -0.15) is 5.10 Å². The minimum Gasteiger partial charge on any atom is -0.507 e. The fourth-order valence-corrected chi connectivity index (χ4v) is 3.90. The van der Waals surface area contributed by atoms with E-state index in [-0.39, 0.29) is 17.4 Å². The number of benzene rings is 2. The number of nitrogens with one attached hydrogen (secondary N) is 1. The fourth-order valence-electron chi connectivity index (χ4n) is 3.44. The molecular formula is C19H16BrN3O4. The third kappa shape index (κ3) is 2.56. The van der Waals surface area contributed by atoms with Crippen LogP contribution in [0.1, 0.15) is 27.7 Å². The molecule has 1 aliphatic heterocycles. The largest absolute Gasteiger partial charge is 0.507 e. The Balaban J connectivity index is 1.94. The molecule has 0 saturated heterocycles. The van der Waals surface area contributed by atoms with Gasteiger partial charge in [0.25, 0.3) is 5.91 Å². The summed E-state index contributed by atoms with van der Waals surface area (Å²) < 4.78 is 5.70. The number of aromatic hydroxyl groups is 2. The molecule has 0 saturated carbocycles. The van der Waals surface area contributed by atoms with Gasteiger partial charge >= 0.3 is 0 Å². The number of aromatic nitrogens is 2. The maximum atomic E-state index is 12.7. The Morgan fingerprint density at radius 2 is 2.00 bits per heavy atom. The Morgan fingerprint density at radius 1 is 1.26 bits per heavy atom. The molecule has 1 aromatic heterocycles. The minimum absolute atomic E-state index is 0.0124. The molecule has 3 aromatic rings. The number of nitrogens with zero attached hydrogens (tertiary/aromatic N) is 2. The summed E-state index contributed by atoms with van der Waals surface area (Å²) in [6.45, 7) is 0. The van der Waals surface area contributed by atoms with E-state index in [0.29, 0.717) is 32.7 Å². The number of hydrogen-bond acceptors (Lipinski definition) is 5. The van der Waals surface area contributed by atoms with E-state index in [1.165, 1.54) is 7.11 Å². The number of ether oxygens (including phenoxy) is 1. The van der Waals surface area contributed by atoms with E-state index in [1.807, 2.05) is 0 Å². The zero-order chi connectivity index (χ0) is 19.3. The van der Waals surface area contributed by atoms with Gasteiger partial charge in [-0.25, -0.2) is 0 Å². The molecule has 0 radical (unpaired) electrons. The zero-order valence-corrected chi connectivity index (χ0v) is 16.1. The van der Waals surface area contributed by atoms with Crippen molar-refractivity contribution in [2.45, 2.75) is 6.04 Å². The third-order valence-corrected chi connectivity index (χ3v) is 5.35. The Bertz CT molecular complexity index is 1060. The molecule has 1 unspecified atom stereocenters. The van der Waals surface area contributed by atoms with Gasteiger partial charge in [-0.3, -0.25) is 9.89 Å². The predicted molar refractivity (Wildman–Crippen MR) is 102 cm³/mol. The first kappa shape index (κ1) is 17.4. The molecule has 27 heavy (non-hydrogen) atoms. The number of halogens is 1. The first-order valence-corrected chi connectivity index (χ1v) is 8.93. The molecule has 1 aliphatic rings. The molecule has 0 bridgehead atoms. The van der Waals surface area contributed by atoms with Crippen molar-refractivity contribution in [3.63, 3.8) is 0 Å². The predicted octanol–water partition coefficient (Wildman–Crippen LogP) is 3.43. The van der Waals surface area contributed by atoms with Gasteiger partial charge in [-0.05, 0) is 45.8 Å². The van der Waals surface area contributed by atoms with Crippen molar-refractivity contribution >= 4 is 21.8 Å². The lowest BCUT2D eigenvalue weighted by Gasteiger charge is -2.23. The SMILES string of the molecule is COc1cc(C2c3c(-c4ccccc4O)n[nH]c3C(=O)N2C)cc(Br)c1O. The molecule has 1 atom stereocenters. The van der Waals surface area contributed by atoms with Gasteiger partial charge in [0.15, 0.2) is 11.5 Å². The van der Waals surface area contributed by atoms with Gasteiger partial charge in [0, 0.05) is 18.2 Å². The number of amides is 1. The number of H-pyrrole nitrogens is 1. The van der Waals surface area contributed by atoms with Crippen LogP contribution in [0.5, 0.6) is 17.2 Å². The maximum Gasteiger partial charge on any atom is 0.272 e. The minimum atomic E-state index is -0.452. The number of para-hydroxylation sites is 1. The normalized spacial score (nSPS) is 15.9. The number of phenols is 2. The van der Waals surface area contributed by atoms with Crippen LogP contribution in [0.25, 0.3) is 11.3 Å². The lowest BCUT2D eigenvalue weighted by molar-refractivity contribution is 0.0787. The highest BCUT2D eigenvalue weighted by molar-refractivity contribution is 9.10. The van der Waals surface area contributed by atoms with Crippen molar-refractivity contribution in [3.05, 3.63) is 57.7 Å². The van der Waals surface area contributed by atoms with Crippen LogP contribution in [0.15, 0.2) is 40.9 Å². The van der Waals surface area contributed by atoms with Crippen LogP contribution in [-0.2, 0) is 0 Å². The van der Waals surface area contributed by atoms with E-state index in [9.17, 15) is 15.0 Å². The van der Waals surface area contributed by atoms with Crippen LogP contribution in [0, 0.1) is 0 Å². The standard InChI is InChI=1S/C19H16BrN3O4/c1-23-17(9-7-11(20)18(25)13(8-9)27-2)14-15(21-22-16(14)19(23)26)10-5-3-4-6-12(10)24/h3-8,17,24-25H,1-2H3,(H,21,22). The second-order valence-electron chi connectivity index (χ2n) is 6.25. The van der Waals surface area contributed by atoms with E-state index < -0.39 is 6.04 Å². The number of aromatic amines is 1. The zero-order valence-electron chi connectivity index (χ0n) is 14.5. The van der Waals surface area contributed by atoms with E-state index in [2.05, 4.69) is 26.1 Å². The van der Waals surface area contributed by atoms with Crippen LogP contribution in [0.2, 0.25) is 0 Å². The number of fused-ring (bicyclic) bond motifs is 1. The van der Waals surface area contributed by atoms with Gasteiger partial charge in [0.2, 0.25) is 0 Å². The molecule has 0 spiro atoms. The summed E-state index contributed by atoms with van der Waals surface area (Å²) in [5.74, 6) is 0.159. The summed E-state index contributed by atoms with van der Waals surface area (Å²) in [7, 11) is 3.16. The average molecular weight is 430 g/mol. The number of phenolic OH excluding ortho intramolecular Hbond substituents is 2. The van der Waals surface area contributed by atoms with Gasteiger partial charge in [0.05, 0.1) is 17.6 Å². The summed E-state index contributed by atoms with van der Waals surface area (Å²) >= 11 is 3.33. The third-order valence-electron chi connectivity index (χ3n) is 4.74. The van der Waals surface area contributed by atoms with Crippen molar-refractivity contribution in [3.8, 4) is 28.5 Å². The van der Waals surface area contributed by atoms with Gasteiger partial charge in [-0.1, -0.05) is 12.1 Å². The van der Waals surface area contributed by atoms with Crippen LogP contribution in [0.4, 0.5) is 0 Å². The molecule has 138 valence electrons. The summed E-state index contributed by atoms with van der Waals surface area (Å²) in [6.07, 6.45) is 0. The second kappa shape index (κ2) is 6.31. The fraction of sp³-hybridized carbons (Fsp3) is 0.158. The Hall–Kier alpha value is -3.00. The molecule has 7 nitrogen and oxygen atoms in total. The number of hydrogen-bond donors (Lipinski definition) is 3. The molecule has 8 heteroatoms. The maximum absolute atomic E-state index is 12.7. The van der Waals surface area contributed by atoms with Crippen molar-refractivity contribution in [2.75, 3.05) is 14.2 Å². The average Bonchev–Trinajstić information content (AvgIpc) is 3.18. The van der Waals surface area contributed by atoms with Crippen LogP contribution >= 0.6 is 15.9 Å². The first-order chi connectivity index (χ1) is 12.9. The lowest BCUT2D eigenvalue weighted by atomic mass is 9.95. The second-order valence-corrected chi connectivity index (χ2v) is 7.10. The smallest absolute Gasteiger partial charge is 0.272 e. The Morgan fingerprint density at radius 3 is 2.70 bits per heavy atom. The number of rotatable bonds is 3. The first-order valence-electron chi connectivity index (χ1n) is 8.14. The van der Waals surface area contributed by atoms with Gasteiger partial charge in [-0.15, -0.1) is 0 Å². The van der Waals surface area contributed by atoms with E-state index in [0.717, 1.165) is 5.56 Å². The summed E-state index contributed by atoms with van der Waals surface area (Å²) in [4.78, 5) is 14.3. The van der Waals surface area contributed by atoms with Gasteiger partial charge < -0.3 is 19.8 Å². The lowest BCUT2D eigenvalue weighted by Crippen LogP contribution is -2.24. The quantitative estimate of drug-likeness (QED) is 0.592. The molecule has 1 amide bonds. The Labute approximate surface area is 163 Å². The molecule has 0 aliphatic carbocycles. The molecule has 3 N–H and O–H groups in total. The van der Waals surface area contributed by atoms with Crippen LogP contribution in [-0.4, -0.2) is 45.4 Å². The van der Waals surface area contributed by atoms with E-state index >= 15 is 0 Å². The molecule has 0 fully saturated rings. The highest BCUT2D eigenvalue weighted by atomic mass is 79.9. The molecule has 4 rings (SSSR count). The highest BCUT2D eigenvalue weighted by Gasteiger charge is 2.41. The van der Waals surface area contributed by atoms with Crippen LogP contribution < -0.4 is 4.74 Å². The molecule has 2 aromatic carbocycles. The molecular weight excluding hydrogens is 414 g/mol. The topological polar surface area (TPSA) is 98.7 Å². The highest BCUT2D eigenvalue weighted by Crippen LogP contribution is 2.46. The Kier molecular flexibility index (Phi) is 4.07. The summed E-state index contributed by atoms with van der Waals surface area (Å²) in [6, 6.07) is 9.82. The van der Waals surface area contributed by atoms with Crippen molar-refractivity contribution < 1.29 is 19.7 Å². The van der Waals surface area contributed by atoms with Crippen molar-refractivity contribution in [2.24, 2.45) is 0 Å². The van der Waals surface area contributed by atoms with Gasteiger partial charge in [0.1, 0.15) is 17.1 Å². The monoisotopic (exact) mass is 429 g/mol. The number of carbonyl (C=O) groups excluding carboxylic acids is 1. The van der Waals surface area contributed by atoms with E-state index in [1.54, 1.807) is 48.3 Å². The molecule has 2 heterocycles. The van der Waals surface area contributed by atoms with Crippen molar-refractivity contribution in [1.29, 1.82) is 0 Å². The van der Waals surface area contributed by atoms with E-state index in [4.69, 9.17) is 4.74 Å². The number of methoxy groups -OCH3 is 1. The van der Waals surface area contributed by atoms with Crippen LogP contribution in [0.3, 0.4) is 0 Å². The summed E-state index contributed by atoms with van der Waals surface area (Å²) in [5.41, 5.74) is 2.83.